The van der Waals surface area contributed by atoms with Crippen molar-refractivity contribution in [1.29, 1.82) is 5.26 Å². The lowest BCUT2D eigenvalue weighted by atomic mass is 10.1. The molecule has 0 N–H and O–H groups in total. The number of halogens is 3. The maximum absolute atomic E-state index is 12.3. The van der Waals surface area contributed by atoms with E-state index in [9.17, 15) is 13.2 Å². The summed E-state index contributed by atoms with van der Waals surface area (Å²) in [5.74, 6) is -1.39. The van der Waals surface area contributed by atoms with E-state index in [1.807, 2.05) is 0 Å². The fourth-order valence-electron chi connectivity index (χ4n) is 1.26. The maximum atomic E-state index is 12.3. The Morgan fingerprint density at radius 2 is 2.25 bits per heavy atom. The van der Waals surface area contributed by atoms with Crippen molar-refractivity contribution in [2.45, 2.75) is 12.7 Å². The van der Waals surface area contributed by atoms with E-state index >= 15 is 0 Å². The van der Waals surface area contributed by atoms with Gasteiger partial charge in [-0.3, -0.25) is 4.90 Å². The van der Waals surface area contributed by atoms with E-state index in [0.717, 1.165) is 0 Å². The largest absolute Gasteiger partial charge is 0.468 e. The second-order valence-corrected chi connectivity index (χ2v) is 3.50. The highest BCUT2D eigenvalue weighted by Gasteiger charge is 2.40. The van der Waals surface area contributed by atoms with E-state index in [2.05, 4.69) is 0 Å². The van der Waals surface area contributed by atoms with Crippen LogP contribution in [-0.2, 0) is 6.54 Å². The highest BCUT2D eigenvalue weighted by Crippen LogP contribution is 2.26. The molecule has 1 aromatic rings. The number of nitriles is 1. The van der Waals surface area contributed by atoms with Crippen LogP contribution in [0.25, 0.3) is 0 Å². The molecule has 1 atom stereocenters. The van der Waals surface area contributed by atoms with Gasteiger partial charge in [-0.25, -0.2) is 0 Å². The van der Waals surface area contributed by atoms with Gasteiger partial charge in [0, 0.05) is 6.54 Å². The molecular formula is C10H11F3N2O. The Balaban J connectivity index is 2.51. The molecule has 1 unspecified atom stereocenters. The van der Waals surface area contributed by atoms with Gasteiger partial charge in [-0.05, 0) is 19.2 Å². The van der Waals surface area contributed by atoms with E-state index in [1.165, 1.54) is 24.3 Å². The summed E-state index contributed by atoms with van der Waals surface area (Å²) in [4.78, 5) is 1.40. The summed E-state index contributed by atoms with van der Waals surface area (Å²) in [5.41, 5.74) is 0. The molecule has 0 amide bonds. The van der Waals surface area contributed by atoms with Crippen LogP contribution in [0.2, 0.25) is 0 Å². The zero-order valence-electron chi connectivity index (χ0n) is 8.66. The minimum absolute atomic E-state index is 0.251. The smallest absolute Gasteiger partial charge is 0.405 e. The minimum Gasteiger partial charge on any atom is -0.468 e. The number of furan rings is 1. The first-order valence-corrected chi connectivity index (χ1v) is 4.60. The molecule has 0 aliphatic carbocycles. The number of nitrogens with zero attached hydrogens (tertiary/aromatic N) is 2. The Hall–Kier alpha value is -1.48. The molecule has 1 heterocycles. The summed E-state index contributed by atoms with van der Waals surface area (Å²) >= 11 is 0. The second-order valence-electron chi connectivity index (χ2n) is 3.50. The molecule has 0 aromatic carbocycles. The van der Waals surface area contributed by atoms with E-state index in [-0.39, 0.29) is 13.1 Å². The molecule has 0 saturated carbocycles. The number of alkyl halides is 3. The first kappa shape index (κ1) is 12.6. The van der Waals surface area contributed by atoms with E-state index < -0.39 is 12.1 Å². The van der Waals surface area contributed by atoms with Gasteiger partial charge in [0.2, 0.25) is 0 Å². The number of rotatable bonds is 4. The number of hydrogen-bond acceptors (Lipinski definition) is 3. The Labute approximate surface area is 91.1 Å². The van der Waals surface area contributed by atoms with Crippen molar-refractivity contribution >= 4 is 0 Å². The molecular weight excluding hydrogens is 221 g/mol. The highest BCUT2D eigenvalue weighted by atomic mass is 19.4. The third-order valence-electron chi connectivity index (χ3n) is 2.05. The molecule has 0 aliphatic rings. The standard InChI is InChI=1S/C10H11F3N2O/c1-15(7-9-3-2-4-16-9)6-8(5-14)10(11,12)13/h2-4,8H,6-7H2,1H3. The molecule has 0 fully saturated rings. The Morgan fingerprint density at radius 3 is 2.69 bits per heavy atom. The van der Waals surface area contributed by atoms with Crippen LogP contribution in [-0.4, -0.2) is 24.7 Å². The lowest BCUT2D eigenvalue weighted by Gasteiger charge is -2.20. The molecule has 1 aromatic heterocycles. The first-order chi connectivity index (χ1) is 7.43. The summed E-state index contributed by atoms with van der Waals surface area (Å²) in [7, 11) is 1.51. The summed E-state index contributed by atoms with van der Waals surface area (Å²) in [6.07, 6.45) is -3.03. The predicted octanol–water partition coefficient (Wildman–Crippen LogP) is 2.41. The molecule has 0 aliphatic heterocycles. The van der Waals surface area contributed by atoms with Gasteiger partial charge in [0.1, 0.15) is 5.76 Å². The summed E-state index contributed by atoms with van der Waals surface area (Å²) in [6, 6.07) is 4.59. The minimum atomic E-state index is -4.48. The lowest BCUT2D eigenvalue weighted by molar-refractivity contribution is -0.162. The van der Waals surface area contributed by atoms with Gasteiger partial charge < -0.3 is 4.42 Å². The average Bonchev–Trinajstić information content (AvgIpc) is 2.64. The van der Waals surface area contributed by atoms with Crippen molar-refractivity contribution in [2.24, 2.45) is 5.92 Å². The predicted molar refractivity (Wildman–Crippen MR) is 50.2 cm³/mol. The second kappa shape index (κ2) is 5.03. The summed E-state index contributed by atoms with van der Waals surface area (Å²) in [6.45, 7) is -0.109. The van der Waals surface area contributed by atoms with Gasteiger partial charge in [-0.1, -0.05) is 0 Å². The molecule has 0 bridgehead atoms. The summed E-state index contributed by atoms with van der Waals surface area (Å²) < 4.78 is 41.9. The van der Waals surface area contributed by atoms with E-state index in [0.29, 0.717) is 5.76 Å². The van der Waals surface area contributed by atoms with Crippen LogP contribution >= 0.6 is 0 Å². The van der Waals surface area contributed by atoms with E-state index in [1.54, 1.807) is 12.1 Å². The van der Waals surface area contributed by atoms with Gasteiger partial charge in [0.05, 0.1) is 18.9 Å². The Bertz CT molecular complexity index is 353. The van der Waals surface area contributed by atoms with Crippen molar-refractivity contribution in [2.75, 3.05) is 13.6 Å². The Morgan fingerprint density at radius 1 is 1.56 bits per heavy atom. The SMILES string of the molecule is CN(Cc1ccco1)CC(C#N)C(F)(F)F. The van der Waals surface area contributed by atoms with Crippen LogP contribution in [0.4, 0.5) is 13.2 Å². The summed E-state index contributed by atoms with van der Waals surface area (Å²) in [5, 5.41) is 8.42. The molecule has 1 rings (SSSR count). The van der Waals surface area contributed by atoms with Crippen LogP contribution < -0.4 is 0 Å². The van der Waals surface area contributed by atoms with Gasteiger partial charge >= 0.3 is 6.18 Å². The monoisotopic (exact) mass is 232 g/mol. The van der Waals surface area contributed by atoms with Crippen molar-refractivity contribution in [3.63, 3.8) is 0 Å². The fraction of sp³-hybridized carbons (Fsp3) is 0.500. The lowest BCUT2D eigenvalue weighted by Crippen LogP contribution is -2.33. The highest BCUT2D eigenvalue weighted by molar-refractivity contribution is 4.98. The zero-order valence-corrected chi connectivity index (χ0v) is 8.66. The van der Waals surface area contributed by atoms with Crippen molar-refractivity contribution in [1.82, 2.24) is 4.90 Å². The van der Waals surface area contributed by atoms with Crippen molar-refractivity contribution in [3.05, 3.63) is 24.2 Å². The van der Waals surface area contributed by atoms with Crippen molar-refractivity contribution < 1.29 is 17.6 Å². The Kier molecular flexibility index (Phi) is 3.96. The van der Waals surface area contributed by atoms with E-state index in [4.69, 9.17) is 9.68 Å². The third-order valence-corrected chi connectivity index (χ3v) is 2.05. The van der Waals surface area contributed by atoms with Crippen LogP contribution in [0.1, 0.15) is 5.76 Å². The van der Waals surface area contributed by atoms with Gasteiger partial charge in [-0.15, -0.1) is 0 Å². The van der Waals surface area contributed by atoms with Gasteiger partial charge in [0.15, 0.2) is 5.92 Å². The van der Waals surface area contributed by atoms with Crippen LogP contribution in [0, 0.1) is 17.2 Å². The zero-order chi connectivity index (χ0) is 12.2. The van der Waals surface area contributed by atoms with Crippen LogP contribution in [0.3, 0.4) is 0 Å². The molecule has 16 heavy (non-hydrogen) atoms. The van der Waals surface area contributed by atoms with Crippen LogP contribution in [0.5, 0.6) is 0 Å². The fourth-order valence-corrected chi connectivity index (χ4v) is 1.26. The molecule has 0 radical (unpaired) electrons. The molecule has 0 saturated heterocycles. The number of hydrogen-bond donors (Lipinski definition) is 0. The topological polar surface area (TPSA) is 40.2 Å². The van der Waals surface area contributed by atoms with Crippen LogP contribution in [0.15, 0.2) is 22.8 Å². The normalized spacial score (nSPS) is 13.8. The average molecular weight is 232 g/mol. The molecule has 0 spiro atoms. The van der Waals surface area contributed by atoms with Gasteiger partial charge in [0.25, 0.3) is 0 Å². The molecule has 3 nitrogen and oxygen atoms in total. The first-order valence-electron chi connectivity index (χ1n) is 4.60. The third kappa shape index (κ3) is 3.59. The maximum Gasteiger partial charge on any atom is 0.405 e. The molecule has 88 valence electrons. The molecule has 6 heteroatoms. The van der Waals surface area contributed by atoms with Crippen molar-refractivity contribution in [3.8, 4) is 6.07 Å². The van der Waals surface area contributed by atoms with Gasteiger partial charge in [-0.2, -0.15) is 18.4 Å². The quantitative estimate of drug-likeness (QED) is 0.800.